The molecule has 43 heavy (non-hydrogen) atoms. The lowest BCUT2D eigenvalue weighted by molar-refractivity contribution is -0.317. The lowest BCUT2D eigenvalue weighted by atomic mass is 9.72. The van der Waals surface area contributed by atoms with Crippen molar-refractivity contribution in [1.29, 1.82) is 0 Å². The number of piperidine rings is 1. The highest BCUT2D eigenvalue weighted by Crippen LogP contribution is 2.48. The Morgan fingerprint density at radius 3 is 2.81 bits per heavy atom. The van der Waals surface area contributed by atoms with Gasteiger partial charge in [0.1, 0.15) is 12.1 Å². The van der Waals surface area contributed by atoms with Crippen LogP contribution in [-0.2, 0) is 27.2 Å². The Morgan fingerprint density at radius 2 is 2.00 bits per heavy atom. The molecule has 4 saturated heterocycles. The maximum Gasteiger partial charge on any atom is 0.254 e. The zero-order valence-corrected chi connectivity index (χ0v) is 24.6. The van der Waals surface area contributed by atoms with Crippen molar-refractivity contribution in [2.24, 2.45) is 5.92 Å². The van der Waals surface area contributed by atoms with Crippen LogP contribution in [0.1, 0.15) is 48.8 Å². The van der Waals surface area contributed by atoms with Crippen LogP contribution in [0.2, 0.25) is 0 Å². The van der Waals surface area contributed by atoms with Crippen LogP contribution in [0.25, 0.3) is 10.9 Å². The number of aromatic amines is 1. The number of aromatic nitrogens is 1. The van der Waals surface area contributed by atoms with Gasteiger partial charge in [0.05, 0.1) is 5.92 Å². The number of likely N-dealkylation sites (tertiary alicyclic amines) is 1. The average Bonchev–Trinajstić information content (AvgIpc) is 3.70. The summed E-state index contributed by atoms with van der Waals surface area (Å²) in [7, 11) is 2.08. The van der Waals surface area contributed by atoms with Crippen molar-refractivity contribution in [3.05, 3.63) is 71.4 Å². The summed E-state index contributed by atoms with van der Waals surface area (Å²) in [6.45, 7) is 2.71. The lowest BCUT2D eigenvalue weighted by Gasteiger charge is -2.49. The summed E-state index contributed by atoms with van der Waals surface area (Å²) in [5, 5.41) is 28.2. The maximum absolute atomic E-state index is 14.0. The number of rotatable bonds is 4. The average molecular weight is 586 g/mol. The number of carbonyl (C=O) groups excluding carboxylic acids is 2. The number of amides is 2. The third kappa shape index (κ3) is 3.97. The molecule has 4 N–H and O–H groups in total. The number of aliphatic hydroxyl groups excluding tert-OH is 1. The second-order valence-corrected chi connectivity index (χ2v) is 13.4. The van der Waals surface area contributed by atoms with Crippen LogP contribution in [-0.4, -0.2) is 97.8 Å². The van der Waals surface area contributed by atoms with Gasteiger partial charge in [-0.25, -0.2) is 4.90 Å². The first-order chi connectivity index (χ1) is 20.7. The molecule has 8 rings (SSSR count). The number of ether oxygens (including phenoxy) is 1. The molecular formula is C33H39N5O5. The van der Waals surface area contributed by atoms with E-state index in [1.165, 1.54) is 21.4 Å². The molecule has 4 aliphatic heterocycles. The molecule has 8 atom stereocenters. The molecule has 3 aromatic rings. The molecule has 226 valence electrons. The van der Waals surface area contributed by atoms with Crippen LogP contribution in [0, 0.1) is 5.92 Å². The van der Waals surface area contributed by atoms with E-state index in [4.69, 9.17) is 4.74 Å². The Hall–Kier alpha value is -3.28. The molecule has 1 aromatic heterocycles. The maximum atomic E-state index is 14.0. The number of aliphatic hydroxyl groups is 2. The Bertz CT molecular complexity index is 1590. The third-order valence-corrected chi connectivity index (χ3v) is 10.8. The molecule has 1 aliphatic carbocycles. The minimum Gasteiger partial charge on any atom is -0.373 e. The van der Waals surface area contributed by atoms with Crippen molar-refractivity contribution in [1.82, 2.24) is 25.0 Å². The highest BCUT2D eigenvalue weighted by Gasteiger charge is 2.70. The minimum absolute atomic E-state index is 0.134. The summed E-state index contributed by atoms with van der Waals surface area (Å²) in [6, 6.07) is 14.8. The predicted molar refractivity (Wildman–Crippen MR) is 158 cm³/mol. The molecule has 5 aliphatic rings. The standard InChI is InChI=1S/C33H39N5O5/c1-32(35-29(39)21-15-23-22-10-6-11-24-28(22)20(17-34-24)16-25(23)36(2)18-21)31(41)38-26(14-19-8-4-3-5-9-19)30(40)37-13-7-12-27(37)33(38,42)43-32/h3-6,8-11,17,21,23,25-27,31,34,41-42H,7,12-16,18H2,1-2H3,(H,35,39)/t21-,23?,25-,26+,27+,31?,32-,33?/m1/s1. The van der Waals surface area contributed by atoms with Crippen LogP contribution in [0.4, 0.5) is 0 Å². The molecule has 10 nitrogen and oxygen atoms in total. The van der Waals surface area contributed by atoms with Crippen molar-refractivity contribution in [2.45, 2.75) is 80.9 Å². The smallest absolute Gasteiger partial charge is 0.254 e. The normalized spacial score (nSPS) is 37.3. The Balaban J connectivity index is 1.07. The number of benzene rings is 2. The van der Waals surface area contributed by atoms with Gasteiger partial charge in [-0.3, -0.25) is 9.59 Å². The summed E-state index contributed by atoms with van der Waals surface area (Å²) in [5.74, 6) is -2.43. The zero-order chi connectivity index (χ0) is 29.7. The van der Waals surface area contributed by atoms with Gasteiger partial charge in [-0.2, -0.15) is 0 Å². The van der Waals surface area contributed by atoms with Gasteiger partial charge in [-0.15, -0.1) is 0 Å². The number of carbonyl (C=O) groups is 2. The van der Waals surface area contributed by atoms with E-state index in [-0.39, 0.29) is 23.7 Å². The van der Waals surface area contributed by atoms with E-state index in [2.05, 4.69) is 46.6 Å². The minimum atomic E-state index is -1.93. The van der Waals surface area contributed by atoms with Crippen molar-refractivity contribution < 1.29 is 24.5 Å². The highest BCUT2D eigenvalue weighted by molar-refractivity contribution is 5.89. The molecule has 5 heterocycles. The predicted octanol–water partition coefficient (Wildman–Crippen LogP) is 1.87. The van der Waals surface area contributed by atoms with E-state index in [1.807, 2.05) is 30.3 Å². The summed E-state index contributed by atoms with van der Waals surface area (Å²) in [6.07, 6.45) is 3.88. The van der Waals surface area contributed by atoms with E-state index >= 15 is 0 Å². The number of hydrogen-bond acceptors (Lipinski definition) is 7. The summed E-state index contributed by atoms with van der Waals surface area (Å²) in [4.78, 5) is 36.6. The molecule has 2 aromatic carbocycles. The van der Waals surface area contributed by atoms with Crippen LogP contribution >= 0.6 is 0 Å². The third-order valence-electron chi connectivity index (χ3n) is 10.8. The molecule has 2 amide bonds. The lowest BCUT2D eigenvalue weighted by Crippen LogP contribution is -2.72. The second kappa shape index (κ2) is 9.61. The number of fused-ring (bicyclic) bond motifs is 5. The molecule has 3 unspecified atom stereocenters. The highest BCUT2D eigenvalue weighted by atomic mass is 16.7. The van der Waals surface area contributed by atoms with Crippen LogP contribution in [0.3, 0.4) is 0 Å². The van der Waals surface area contributed by atoms with Crippen LogP contribution in [0.5, 0.6) is 0 Å². The van der Waals surface area contributed by atoms with E-state index in [9.17, 15) is 19.8 Å². The Kier molecular flexibility index (Phi) is 6.10. The van der Waals surface area contributed by atoms with E-state index in [0.717, 1.165) is 23.9 Å². The van der Waals surface area contributed by atoms with Crippen molar-refractivity contribution in [3.8, 4) is 0 Å². The molecule has 10 heteroatoms. The second-order valence-electron chi connectivity index (χ2n) is 13.4. The Morgan fingerprint density at radius 1 is 1.19 bits per heavy atom. The van der Waals surface area contributed by atoms with Gasteiger partial charge in [-0.1, -0.05) is 42.5 Å². The number of piperazine rings is 1. The fourth-order valence-corrected chi connectivity index (χ4v) is 8.82. The Labute approximate surface area is 250 Å². The molecule has 0 radical (unpaired) electrons. The van der Waals surface area contributed by atoms with Gasteiger partial charge < -0.3 is 35.1 Å². The van der Waals surface area contributed by atoms with Crippen molar-refractivity contribution >= 4 is 22.7 Å². The van der Waals surface area contributed by atoms with Gasteiger partial charge in [0.25, 0.3) is 5.91 Å². The first-order valence-corrected chi connectivity index (χ1v) is 15.5. The zero-order valence-electron chi connectivity index (χ0n) is 24.6. The number of nitrogens with one attached hydrogen (secondary N) is 2. The molecule has 0 spiro atoms. The molecular weight excluding hydrogens is 546 g/mol. The van der Waals surface area contributed by atoms with Gasteiger partial charge >= 0.3 is 0 Å². The SMILES string of the molecule is CN1C[C@H](C(=O)N[C@]2(C)OC3(O)[C@@H]4CCCN4C(=O)[C@H](Cc4ccccc4)N3C2O)CC2c3cccc4[nH]cc(c34)C[C@H]21. The number of hydrogen-bond donors (Lipinski definition) is 4. The summed E-state index contributed by atoms with van der Waals surface area (Å²) in [5.41, 5.74) is 3.02. The molecule has 0 saturated carbocycles. The van der Waals surface area contributed by atoms with E-state index in [1.54, 1.807) is 11.8 Å². The van der Waals surface area contributed by atoms with Crippen molar-refractivity contribution in [3.63, 3.8) is 0 Å². The molecule has 0 bridgehead atoms. The largest absolute Gasteiger partial charge is 0.373 e. The fourth-order valence-electron chi connectivity index (χ4n) is 8.82. The first kappa shape index (κ1) is 27.3. The van der Waals surface area contributed by atoms with Gasteiger partial charge in [-0.05, 0) is 68.8 Å². The van der Waals surface area contributed by atoms with Gasteiger partial charge in [0.15, 0.2) is 12.0 Å². The quantitative estimate of drug-likeness (QED) is 0.369. The fraction of sp³-hybridized carbons (Fsp3) is 0.515. The van der Waals surface area contributed by atoms with Crippen LogP contribution < -0.4 is 5.32 Å². The molecule has 4 fully saturated rings. The van der Waals surface area contributed by atoms with Gasteiger partial charge in [0, 0.05) is 42.1 Å². The summed E-state index contributed by atoms with van der Waals surface area (Å²) >= 11 is 0. The van der Waals surface area contributed by atoms with Crippen LogP contribution in [0.15, 0.2) is 54.7 Å². The van der Waals surface area contributed by atoms with E-state index < -0.39 is 29.9 Å². The topological polar surface area (TPSA) is 121 Å². The summed E-state index contributed by atoms with van der Waals surface area (Å²) < 4.78 is 6.35. The van der Waals surface area contributed by atoms with Crippen molar-refractivity contribution in [2.75, 3.05) is 20.1 Å². The van der Waals surface area contributed by atoms with E-state index in [0.29, 0.717) is 38.4 Å². The number of H-pyrrole nitrogens is 1. The monoisotopic (exact) mass is 585 g/mol. The number of nitrogens with zero attached hydrogens (tertiary/aromatic N) is 3. The van der Waals surface area contributed by atoms with Gasteiger partial charge in [0.2, 0.25) is 11.8 Å². The first-order valence-electron chi connectivity index (χ1n) is 15.5. The number of likely N-dealkylation sites (N-methyl/N-ethyl adjacent to an activating group) is 1.